The molecule has 0 spiro atoms. The number of carbonyl (C=O) groups excluding carboxylic acids is 1. The number of thiophene rings is 1. The van der Waals surface area contributed by atoms with Gasteiger partial charge in [0.1, 0.15) is 0 Å². The number of phenols is 1. The van der Waals surface area contributed by atoms with Crippen molar-refractivity contribution in [3.63, 3.8) is 0 Å². The van der Waals surface area contributed by atoms with Crippen LogP contribution in [0.15, 0.2) is 30.3 Å². The zero-order valence-corrected chi connectivity index (χ0v) is 21.1. The molecule has 0 radical (unpaired) electrons. The second-order valence-corrected chi connectivity index (χ2v) is 11.4. The molecular weight excluding hydrogens is 454 g/mol. The Morgan fingerprint density at radius 3 is 2.48 bits per heavy atom. The first-order valence-electron chi connectivity index (χ1n) is 11.3. The van der Waals surface area contributed by atoms with Gasteiger partial charge in [0.25, 0.3) is 5.91 Å². The Kier molecular flexibility index (Phi) is 6.90. The van der Waals surface area contributed by atoms with Gasteiger partial charge in [0, 0.05) is 22.8 Å². The molecule has 1 amide bonds. The fourth-order valence-corrected chi connectivity index (χ4v) is 5.69. The highest BCUT2D eigenvalue weighted by Gasteiger charge is 2.29. The van der Waals surface area contributed by atoms with Crippen molar-refractivity contribution >= 4 is 46.3 Å². The molecule has 4 rings (SSSR count). The average molecular weight is 486 g/mol. The van der Waals surface area contributed by atoms with E-state index < -0.39 is 0 Å². The molecule has 2 aromatic heterocycles. The summed E-state index contributed by atoms with van der Waals surface area (Å²) in [6.45, 7) is 10.1. The van der Waals surface area contributed by atoms with Gasteiger partial charge in [0.05, 0.1) is 29.0 Å². The predicted molar refractivity (Wildman–Crippen MR) is 136 cm³/mol. The van der Waals surface area contributed by atoms with Crippen molar-refractivity contribution < 1.29 is 9.90 Å². The Balaban J connectivity index is 1.57. The van der Waals surface area contributed by atoms with Crippen molar-refractivity contribution in [3.8, 4) is 5.75 Å². The van der Waals surface area contributed by atoms with Gasteiger partial charge >= 0.3 is 0 Å². The van der Waals surface area contributed by atoms with Crippen LogP contribution in [0, 0.1) is 12.3 Å². The molecule has 1 atom stereocenters. The summed E-state index contributed by atoms with van der Waals surface area (Å²) in [5.41, 5.74) is 0.690. The van der Waals surface area contributed by atoms with E-state index in [-0.39, 0.29) is 23.1 Å². The van der Waals surface area contributed by atoms with Crippen LogP contribution in [0.4, 0.5) is 17.3 Å². The molecule has 0 aliphatic carbocycles. The zero-order valence-electron chi connectivity index (χ0n) is 19.5. The van der Waals surface area contributed by atoms with Crippen LogP contribution < -0.4 is 10.6 Å². The van der Waals surface area contributed by atoms with E-state index in [9.17, 15) is 9.90 Å². The lowest BCUT2D eigenvalue weighted by Crippen LogP contribution is -2.35. The molecule has 0 unspecified atom stereocenters. The van der Waals surface area contributed by atoms with E-state index in [0.717, 1.165) is 44.1 Å². The number of aromatic nitrogens is 2. The summed E-state index contributed by atoms with van der Waals surface area (Å²) in [5.74, 6) is 0.957. The summed E-state index contributed by atoms with van der Waals surface area (Å²) in [4.78, 5) is 17.3. The Labute approximate surface area is 203 Å². The minimum Gasteiger partial charge on any atom is -0.505 e. The third kappa shape index (κ3) is 5.30. The van der Waals surface area contributed by atoms with Gasteiger partial charge in [-0.2, -0.15) is 8.75 Å². The van der Waals surface area contributed by atoms with Crippen LogP contribution in [0.5, 0.6) is 5.75 Å². The minimum atomic E-state index is -0.133. The number of rotatable bonds is 6. The smallest absolute Gasteiger partial charge is 0.257 e. The number of benzene rings is 1. The number of hydrogen-bond acceptors (Lipinski definition) is 8. The maximum absolute atomic E-state index is 13.0. The van der Waals surface area contributed by atoms with Crippen LogP contribution in [0.1, 0.15) is 66.2 Å². The van der Waals surface area contributed by atoms with Crippen LogP contribution in [0.25, 0.3) is 0 Å². The van der Waals surface area contributed by atoms with Crippen molar-refractivity contribution in [2.24, 2.45) is 5.41 Å². The summed E-state index contributed by atoms with van der Waals surface area (Å²) in [6.07, 6.45) is 3.15. The van der Waals surface area contributed by atoms with Crippen molar-refractivity contribution in [2.75, 3.05) is 23.7 Å². The molecule has 1 aliphatic rings. The Bertz CT molecular complexity index is 1110. The number of nitrogens with one attached hydrogen (secondary N) is 2. The molecule has 1 aliphatic heterocycles. The van der Waals surface area contributed by atoms with E-state index >= 15 is 0 Å². The number of anilines is 3. The highest BCUT2D eigenvalue weighted by Crippen LogP contribution is 2.41. The van der Waals surface area contributed by atoms with Crippen LogP contribution in [-0.2, 0) is 0 Å². The number of phenolic OH excluding ortho intramolecular Hbond substituents is 1. The normalized spacial score (nSPS) is 15.3. The second-order valence-electron chi connectivity index (χ2n) is 9.53. The van der Waals surface area contributed by atoms with E-state index in [1.54, 1.807) is 29.5 Å². The highest BCUT2D eigenvalue weighted by molar-refractivity contribution is 7.12. The Morgan fingerprint density at radius 2 is 1.82 bits per heavy atom. The summed E-state index contributed by atoms with van der Waals surface area (Å²) >= 11 is 2.86. The Hall–Kier alpha value is -2.65. The summed E-state index contributed by atoms with van der Waals surface area (Å²) in [7, 11) is 0. The number of likely N-dealkylation sites (tertiary alicyclic amines) is 1. The van der Waals surface area contributed by atoms with Crippen molar-refractivity contribution in [1.82, 2.24) is 13.6 Å². The van der Waals surface area contributed by atoms with Crippen LogP contribution >= 0.6 is 23.1 Å². The lowest BCUT2D eigenvalue weighted by Gasteiger charge is -2.31. The van der Waals surface area contributed by atoms with Crippen LogP contribution in [-0.4, -0.2) is 37.8 Å². The van der Waals surface area contributed by atoms with Gasteiger partial charge in [0.2, 0.25) is 0 Å². The standard InChI is InChI=1S/C24H31N5O2S2/c1-15-11-12-18(32-15)20(24(2,3)4)26-22-21(27-33-28-22)25-17-10-8-9-16(19(17)30)23(31)29-13-6-5-7-14-29/h8-12,20,30H,5-7,13-14H2,1-4H3,(H,25,27)(H,26,28)/t20-/m0/s1. The lowest BCUT2D eigenvalue weighted by molar-refractivity contribution is 0.0721. The second kappa shape index (κ2) is 9.69. The first-order valence-corrected chi connectivity index (χ1v) is 12.8. The molecule has 1 fully saturated rings. The minimum absolute atomic E-state index is 0.0428. The van der Waals surface area contributed by atoms with Gasteiger partial charge in [-0.3, -0.25) is 4.79 Å². The van der Waals surface area contributed by atoms with Gasteiger partial charge in [-0.15, -0.1) is 11.3 Å². The number of amides is 1. The first-order chi connectivity index (χ1) is 15.7. The molecule has 7 nitrogen and oxygen atoms in total. The van der Waals surface area contributed by atoms with E-state index in [1.807, 2.05) is 4.90 Å². The molecule has 0 saturated carbocycles. The van der Waals surface area contributed by atoms with E-state index in [1.165, 1.54) is 9.75 Å². The highest BCUT2D eigenvalue weighted by atomic mass is 32.1. The number of nitrogens with zero attached hydrogens (tertiary/aromatic N) is 3. The largest absolute Gasteiger partial charge is 0.505 e. The molecule has 176 valence electrons. The molecule has 0 bridgehead atoms. The van der Waals surface area contributed by atoms with Gasteiger partial charge in [0.15, 0.2) is 17.4 Å². The van der Waals surface area contributed by atoms with Crippen LogP contribution in [0.3, 0.4) is 0 Å². The number of para-hydroxylation sites is 1. The number of piperidine rings is 1. The van der Waals surface area contributed by atoms with Crippen molar-refractivity contribution in [3.05, 3.63) is 45.6 Å². The maximum Gasteiger partial charge on any atom is 0.257 e. The van der Waals surface area contributed by atoms with Crippen molar-refractivity contribution in [1.29, 1.82) is 0 Å². The molecule has 3 N–H and O–H groups in total. The van der Waals surface area contributed by atoms with E-state index in [0.29, 0.717) is 22.9 Å². The zero-order chi connectivity index (χ0) is 23.6. The van der Waals surface area contributed by atoms with Gasteiger partial charge < -0.3 is 20.6 Å². The summed E-state index contributed by atoms with van der Waals surface area (Å²) in [5, 5.41) is 17.6. The monoisotopic (exact) mass is 485 g/mol. The first kappa shape index (κ1) is 23.5. The summed E-state index contributed by atoms with van der Waals surface area (Å²) < 4.78 is 8.87. The molecule has 33 heavy (non-hydrogen) atoms. The number of carbonyl (C=O) groups is 1. The SMILES string of the molecule is Cc1ccc([C@H](Nc2nsnc2Nc2cccc(C(=O)N3CCCCC3)c2O)C(C)(C)C)s1. The lowest BCUT2D eigenvalue weighted by atomic mass is 9.86. The van der Waals surface area contributed by atoms with Gasteiger partial charge in [-0.1, -0.05) is 26.8 Å². The maximum atomic E-state index is 13.0. The topological polar surface area (TPSA) is 90.4 Å². The van der Waals surface area contributed by atoms with E-state index in [2.05, 4.69) is 59.2 Å². The molecule has 3 aromatic rings. The number of aromatic hydroxyl groups is 1. The molecule has 9 heteroatoms. The fraction of sp³-hybridized carbons (Fsp3) is 0.458. The molecule has 1 saturated heterocycles. The third-order valence-electron chi connectivity index (χ3n) is 5.84. The molecular formula is C24H31N5O2S2. The quantitative estimate of drug-likeness (QED) is 0.361. The third-order valence-corrected chi connectivity index (χ3v) is 7.44. The van der Waals surface area contributed by atoms with Crippen molar-refractivity contribution in [2.45, 2.75) is 53.0 Å². The average Bonchev–Trinajstić information content (AvgIpc) is 3.41. The van der Waals surface area contributed by atoms with Gasteiger partial charge in [-0.25, -0.2) is 0 Å². The Morgan fingerprint density at radius 1 is 1.09 bits per heavy atom. The predicted octanol–water partition coefficient (Wildman–Crippen LogP) is 6.18. The number of aryl methyl sites for hydroxylation is 1. The van der Waals surface area contributed by atoms with Crippen LogP contribution in [0.2, 0.25) is 0 Å². The molecule has 3 heterocycles. The van der Waals surface area contributed by atoms with E-state index in [4.69, 9.17) is 0 Å². The fourth-order valence-electron chi connectivity index (χ4n) is 4.04. The van der Waals surface area contributed by atoms with Gasteiger partial charge in [-0.05, 0) is 55.9 Å². The molecule has 1 aromatic carbocycles. The number of hydrogen-bond donors (Lipinski definition) is 3. The summed E-state index contributed by atoms with van der Waals surface area (Å²) in [6, 6.07) is 9.51.